The molecule has 0 amide bonds. The van der Waals surface area contributed by atoms with Crippen LogP contribution in [-0.2, 0) is 24.2 Å². The van der Waals surface area contributed by atoms with Crippen LogP contribution in [0.5, 0.6) is 0 Å². The molecule has 1 aliphatic carbocycles. The van der Waals surface area contributed by atoms with E-state index in [0.717, 1.165) is 17.7 Å². The summed E-state index contributed by atoms with van der Waals surface area (Å²) in [6.07, 6.45) is 2.60. The fourth-order valence-electron chi connectivity index (χ4n) is 2.38. The number of aromatic nitrogens is 2. The highest BCUT2D eigenvalue weighted by molar-refractivity contribution is 5.70. The summed E-state index contributed by atoms with van der Waals surface area (Å²) in [4.78, 5) is 22.9. The number of fused-ring (bicyclic) bond motifs is 1. The average molecular weight is 264 g/mol. The number of hydrogen-bond acceptors (Lipinski definition) is 3. The molecule has 19 heavy (non-hydrogen) atoms. The van der Waals surface area contributed by atoms with Gasteiger partial charge >= 0.3 is 5.97 Å². The Kier molecular flexibility index (Phi) is 4.02. The van der Waals surface area contributed by atoms with Crippen molar-refractivity contribution in [1.29, 1.82) is 0 Å². The van der Waals surface area contributed by atoms with Gasteiger partial charge in [0.25, 0.3) is 5.56 Å². The van der Waals surface area contributed by atoms with Crippen molar-refractivity contribution in [2.45, 2.75) is 46.1 Å². The van der Waals surface area contributed by atoms with Crippen molar-refractivity contribution in [2.75, 3.05) is 0 Å². The Morgan fingerprint density at radius 3 is 2.95 bits per heavy atom. The first kappa shape index (κ1) is 13.8. The lowest BCUT2D eigenvalue weighted by Crippen LogP contribution is -2.30. The molecule has 104 valence electrons. The summed E-state index contributed by atoms with van der Waals surface area (Å²) in [5.41, 5.74) is 1.58. The fourth-order valence-corrected chi connectivity index (χ4v) is 2.38. The fraction of sp³-hybridized carbons (Fsp3) is 0.643. The topological polar surface area (TPSA) is 72.2 Å². The molecule has 1 aromatic rings. The molecule has 0 saturated carbocycles. The maximum atomic E-state index is 11.9. The van der Waals surface area contributed by atoms with Crippen LogP contribution >= 0.6 is 0 Å². The second-order valence-electron chi connectivity index (χ2n) is 5.64. The van der Waals surface area contributed by atoms with Crippen molar-refractivity contribution in [2.24, 2.45) is 11.8 Å². The second-order valence-corrected chi connectivity index (χ2v) is 5.64. The van der Waals surface area contributed by atoms with Gasteiger partial charge < -0.3 is 5.11 Å². The molecule has 1 aliphatic rings. The van der Waals surface area contributed by atoms with Crippen LogP contribution in [0.15, 0.2) is 10.9 Å². The lowest BCUT2D eigenvalue weighted by molar-refractivity contribution is -0.142. The molecule has 0 saturated heterocycles. The van der Waals surface area contributed by atoms with Crippen LogP contribution in [0.25, 0.3) is 0 Å². The van der Waals surface area contributed by atoms with E-state index in [2.05, 4.69) is 18.9 Å². The first-order chi connectivity index (χ1) is 8.97. The predicted octanol–water partition coefficient (Wildman–Crippen LogP) is 1.48. The van der Waals surface area contributed by atoms with E-state index in [1.54, 1.807) is 6.07 Å². The van der Waals surface area contributed by atoms with E-state index in [-0.39, 0.29) is 11.5 Å². The smallest absolute Gasteiger partial charge is 0.306 e. The molecular weight excluding hydrogens is 244 g/mol. The van der Waals surface area contributed by atoms with Crippen molar-refractivity contribution >= 4 is 5.97 Å². The maximum absolute atomic E-state index is 11.9. The number of carboxylic acids is 1. The largest absolute Gasteiger partial charge is 0.481 e. The molecule has 1 N–H and O–H groups in total. The zero-order valence-electron chi connectivity index (χ0n) is 11.4. The van der Waals surface area contributed by atoms with Gasteiger partial charge in [-0.2, -0.15) is 5.10 Å². The molecular formula is C14H20N2O3. The SMILES string of the molecule is CC(C)CCn1nc2c(cc1=O)CC(C(=O)O)CC2. The van der Waals surface area contributed by atoms with Crippen molar-refractivity contribution in [1.82, 2.24) is 9.78 Å². The van der Waals surface area contributed by atoms with Crippen molar-refractivity contribution in [3.8, 4) is 0 Å². The summed E-state index contributed by atoms with van der Waals surface area (Å²) < 4.78 is 1.51. The number of aliphatic carboxylic acids is 1. The van der Waals surface area contributed by atoms with Gasteiger partial charge in [0, 0.05) is 12.6 Å². The van der Waals surface area contributed by atoms with E-state index in [9.17, 15) is 9.59 Å². The van der Waals surface area contributed by atoms with Crippen LogP contribution in [0.2, 0.25) is 0 Å². The summed E-state index contributed by atoms with van der Waals surface area (Å²) in [7, 11) is 0. The third-order valence-corrected chi connectivity index (χ3v) is 3.63. The van der Waals surface area contributed by atoms with Gasteiger partial charge in [-0.3, -0.25) is 9.59 Å². The Labute approximate surface area is 112 Å². The number of carbonyl (C=O) groups is 1. The molecule has 1 unspecified atom stereocenters. The Bertz CT molecular complexity index is 534. The Morgan fingerprint density at radius 1 is 1.58 bits per heavy atom. The molecule has 0 aliphatic heterocycles. The number of rotatable bonds is 4. The Balaban J connectivity index is 2.21. The number of aryl methyl sites for hydroxylation is 2. The molecule has 0 radical (unpaired) electrons. The van der Waals surface area contributed by atoms with Crippen LogP contribution in [0, 0.1) is 11.8 Å². The van der Waals surface area contributed by atoms with Crippen LogP contribution in [0.1, 0.15) is 37.9 Å². The minimum absolute atomic E-state index is 0.120. The summed E-state index contributed by atoms with van der Waals surface area (Å²) in [6.45, 7) is 4.86. The third kappa shape index (κ3) is 3.22. The van der Waals surface area contributed by atoms with E-state index < -0.39 is 5.97 Å². The van der Waals surface area contributed by atoms with Crippen LogP contribution in [0.3, 0.4) is 0 Å². The van der Waals surface area contributed by atoms with E-state index >= 15 is 0 Å². The van der Waals surface area contributed by atoms with Gasteiger partial charge in [0.1, 0.15) is 0 Å². The minimum Gasteiger partial charge on any atom is -0.481 e. The van der Waals surface area contributed by atoms with Crippen molar-refractivity contribution in [3.63, 3.8) is 0 Å². The first-order valence-electron chi connectivity index (χ1n) is 6.80. The molecule has 1 atom stereocenters. The highest BCUT2D eigenvalue weighted by atomic mass is 16.4. The van der Waals surface area contributed by atoms with Crippen LogP contribution < -0.4 is 5.56 Å². The summed E-state index contributed by atoms with van der Waals surface area (Å²) in [5.74, 6) is -0.629. The van der Waals surface area contributed by atoms with E-state index in [4.69, 9.17) is 5.11 Å². The van der Waals surface area contributed by atoms with Crippen molar-refractivity contribution in [3.05, 3.63) is 27.7 Å². The highest BCUT2D eigenvalue weighted by Gasteiger charge is 2.25. The standard InChI is InChI=1S/C14H20N2O3/c1-9(2)5-6-16-13(17)8-11-7-10(14(18)19)3-4-12(11)15-16/h8-10H,3-7H2,1-2H3,(H,18,19). The maximum Gasteiger partial charge on any atom is 0.306 e. The van der Waals surface area contributed by atoms with Gasteiger partial charge in [0.05, 0.1) is 11.6 Å². The molecule has 0 spiro atoms. The van der Waals surface area contributed by atoms with Crippen molar-refractivity contribution < 1.29 is 9.90 Å². The van der Waals surface area contributed by atoms with E-state index in [1.165, 1.54) is 4.68 Å². The average Bonchev–Trinajstić information content (AvgIpc) is 2.35. The van der Waals surface area contributed by atoms with E-state index in [1.807, 2.05) is 0 Å². The Hall–Kier alpha value is -1.65. The quantitative estimate of drug-likeness (QED) is 0.894. The summed E-state index contributed by atoms with van der Waals surface area (Å²) in [5, 5.41) is 13.4. The monoisotopic (exact) mass is 264 g/mol. The molecule has 2 rings (SSSR count). The zero-order chi connectivity index (χ0) is 14.0. The molecule has 1 heterocycles. The zero-order valence-corrected chi connectivity index (χ0v) is 11.4. The molecule has 0 bridgehead atoms. The summed E-state index contributed by atoms with van der Waals surface area (Å²) in [6, 6.07) is 1.57. The van der Waals surface area contributed by atoms with Gasteiger partial charge in [-0.15, -0.1) is 0 Å². The van der Waals surface area contributed by atoms with Gasteiger partial charge in [0.2, 0.25) is 0 Å². The lowest BCUT2D eigenvalue weighted by Gasteiger charge is -2.21. The van der Waals surface area contributed by atoms with Crippen LogP contribution in [0.4, 0.5) is 0 Å². The van der Waals surface area contributed by atoms with Gasteiger partial charge in [0.15, 0.2) is 0 Å². The number of nitrogens with zero attached hydrogens (tertiary/aromatic N) is 2. The third-order valence-electron chi connectivity index (χ3n) is 3.63. The lowest BCUT2D eigenvalue weighted by atomic mass is 9.87. The summed E-state index contributed by atoms with van der Waals surface area (Å²) >= 11 is 0. The highest BCUT2D eigenvalue weighted by Crippen LogP contribution is 2.23. The van der Waals surface area contributed by atoms with Gasteiger partial charge in [-0.25, -0.2) is 4.68 Å². The van der Waals surface area contributed by atoms with Gasteiger partial charge in [-0.05, 0) is 37.2 Å². The molecule has 0 aromatic carbocycles. The predicted molar refractivity (Wildman–Crippen MR) is 71.1 cm³/mol. The molecule has 5 nitrogen and oxygen atoms in total. The number of hydrogen-bond donors (Lipinski definition) is 1. The molecule has 0 fully saturated rings. The number of carboxylic acid groups (broad SMARTS) is 1. The minimum atomic E-state index is -0.783. The Morgan fingerprint density at radius 2 is 2.32 bits per heavy atom. The first-order valence-corrected chi connectivity index (χ1v) is 6.80. The van der Waals surface area contributed by atoms with E-state index in [0.29, 0.717) is 31.7 Å². The molecule has 1 aromatic heterocycles. The second kappa shape index (κ2) is 5.55. The van der Waals surface area contributed by atoms with Gasteiger partial charge in [-0.1, -0.05) is 13.8 Å². The normalized spacial score (nSPS) is 18.4. The molecule has 5 heteroatoms. The van der Waals surface area contributed by atoms with Crippen LogP contribution in [-0.4, -0.2) is 20.9 Å².